The van der Waals surface area contributed by atoms with Crippen molar-refractivity contribution in [2.45, 2.75) is 20.8 Å². The molecule has 0 spiro atoms. The molecule has 4 rings (SSSR count). The van der Waals surface area contributed by atoms with Gasteiger partial charge in [-0.15, -0.1) is 10.2 Å². The molecule has 0 bridgehead atoms. The molecule has 8 nitrogen and oxygen atoms in total. The van der Waals surface area contributed by atoms with Crippen molar-refractivity contribution in [3.63, 3.8) is 0 Å². The van der Waals surface area contributed by atoms with Crippen LogP contribution in [0, 0.1) is 11.3 Å². The second-order valence-corrected chi connectivity index (χ2v) is 9.11. The minimum atomic E-state index is -0.416. The zero-order valence-electron chi connectivity index (χ0n) is 18.9. The Labute approximate surface area is 209 Å². The molecule has 0 saturated heterocycles. The number of carbonyl (C=O) groups is 2. The molecule has 0 fully saturated rings. The van der Waals surface area contributed by atoms with Crippen molar-refractivity contribution in [1.29, 1.82) is 5.26 Å². The van der Waals surface area contributed by atoms with E-state index in [0.29, 0.717) is 10.7 Å². The van der Waals surface area contributed by atoms with Crippen LogP contribution >= 0.6 is 27.3 Å². The van der Waals surface area contributed by atoms with E-state index in [1.165, 1.54) is 17.4 Å². The summed E-state index contributed by atoms with van der Waals surface area (Å²) in [6, 6.07) is 13.2. The van der Waals surface area contributed by atoms with E-state index in [4.69, 9.17) is 4.98 Å². The summed E-state index contributed by atoms with van der Waals surface area (Å²) in [4.78, 5) is 33.4. The van der Waals surface area contributed by atoms with Gasteiger partial charge in [-0.1, -0.05) is 41.7 Å². The molecule has 0 saturated carbocycles. The molecule has 2 heterocycles. The van der Waals surface area contributed by atoms with E-state index in [9.17, 15) is 14.9 Å². The summed E-state index contributed by atoms with van der Waals surface area (Å²) in [6.45, 7) is 7.69. The van der Waals surface area contributed by atoms with Crippen molar-refractivity contribution in [2.24, 2.45) is 10.2 Å². The quantitative estimate of drug-likeness (QED) is 0.259. The van der Waals surface area contributed by atoms with Gasteiger partial charge in [0.25, 0.3) is 11.8 Å². The van der Waals surface area contributed by atoms with Gasteiger partial charge in [-0.2, -0.15) is 5.26 Å². The average Bonchev–Trinajstić information content (AvgIpc) is 3.38. The van der Waals surface area contributed by atoms with E-state index in [-0.39, 0.29) is 33.4 Å². The molecular weight excluding hydrogens is 516 g/mol. The van der Waals surface area contributed by atoms with Crippen LogP contribution in [0.2, 0.25) is 0 Å². The molecule has 2 amide bonds. The minimum Gasteiger partial charge on any atom is -0.349 e. The van der Waals surface area contributed by atoms with Crippen molar-refractivity contribution in [3.8, 4) is 17.3 Å². The van der Waals surface area contributed by atoms with E-state index < -0.39 is 11.8 Å². The molecule has 0 unspecified atom stereocenters. The average molecular weight is 537 g/mol. The number of azo groups is 1. The first-order valence-corrected chi connectivity index (χ1v) is 12.4. The Morgan fingerprint density at radius 1 is 1.12 bits per heavy atom. The molecule has 0 N–H and O–H groups in total. The van der Waals surface area contributed by atoms with Crippen LogP contribution in [-0.2, 0) is 0 Å². The summed E-state index contributed by atoms with van der Waals surface area (Å²) in [7, 11) is 0. The Balaban J connectivity index is 1.84. The van der Waals surface area contributed by atoms with Crippen molar-refractivity contribution in [2.75, 3.05) is 24.5 Å². The van der Waals surface area contributed by atoms with Crippen LogP contribution in [0.25, 0.3) is 11.3 Å². The van der Waals surface area contributed by atoms with Gasteiger partial charge in [-0.25, -0.2) is 4.98 Å². The summed E-state index contributed by atoms with van der Waals surface area (Å²) < 4.78 is 0.286. The lowest BCUT2D eigenvalue weighted by molar-refractivity contribution is 0.0662. The van der Waals surface area contributed by atoms with Gasteiger partial charge in [0.2, 0.25) is 0 Å². The summed E-state index contributed by atoms with van der Waals surface area (Å²) in [5, 5.41) is 20.0. The number of nitriles is 1. The molecule has 2 aromatic carbocycles. The van der Waals surface area contributed by atoms with Crippen LogP contribution in [0.3, 0.4) is 0 Å². The van der Waals surface area contributed by atoms with E-state index in [1.54, 1.807) is 6.92 Å². The van der Waals surface area contributed by atoms with Crippen LogP contribution in [0.1, 0.15) is 47.1 Å². The number of anilines is 1. The van der Waals surface area contributed by atoms with E-state index in [1.807, 2.05) is 30.3 Å². The van der Waals surface area contributed by atoms with Crippen molar-refractivity contribution in [1.82, 2.24) is 9.88 Å². The third kappa shape index (κ3) is 4.02. The minimum absolute atomic E-state index is 0.156. The highest BCUT2D eigenvalue weighted by atomic mass is 79.9. The predicted molar refractivity (Wildman–Crippen MR) is 135 cm³/mol. The maximum absolute atomic E-state index is 12.8. The second-order valence-electron chi connectivity index (χ2n) is 7.36. The lowest BCUT2D eigenvalue weighted by Crippen LogP contribution is -2.29. The molecule has 172 valence electrons. The maximum Gasteiger partial charge on any atom is 0.262 e. The lowest BCUT2D eigenvalue weighted by Gasteiger charge is -2.16. The molecule has 0 atom stereocenters. The predicted octanol–water partition coefficient (Wildman–Crippen LogP) is 6.32. The van der Waals surface area contributed by atoms with Crippen molar-refractivity contribution < 1.29 is 9.59 Å². The Morgan fingerprint density at radius 3 is 2.44 bits per heavy atom. The number of thiazole rings is 1. The van der Waals surface area contributed by atoms with Crippen molar-refractivity contribution >= 4 is 54.9 Å². The van der Waals surface area contributed by atoms with Gasteiger partial charge in [0, 0.05) is 25.2 Å². The van der Waals surface area contributed by atoms with Gasteiger partial charge in [-0.3, -0.25) is 14.5 Å². The first kappa shape index (κ1) is 23.7. The highest BCUT2D eigenvalue weighted by Gasteiger charge is 2.38. The zero-order chi connectivity index (χ0) is 24.4. The maximum atomic E-state index is 12.8. The number of carbonyl (C=O) groups excluding carboxylic acids is 2. The topological polar surface area (TPSA) is 102 Å². The molecule has 1 aliphatic heterocycles. The summed E-state index contributed by atoms with van der Waals surface area (Å²) >= 11 is 4.82. The molecule has 10 heteroatoms. The summed E-state index contributed by atoms with van der Waals surface area (Å²) in [5.74, 6) is -0.831. The SMILES string of the molecule is CCN1C(=O)c2cc(C#N)c(N=Nc3sc(N(CC)CC)nc3-c3ccccc3)c(Br)c2C1=O. The van der Waals surface area contributed by atoms with Gasteiger partial charge in [-0.05, 0) is 42.8 Å². The molecular formula is C24H21BrN6O2S. The molecule has 0 radical (unpaired) electrons. The van der Waals surface area contributed by atoms with Gasteiger partial charge in [0.1, 0.15) is 17.5 Å². The molecule has 1 aromatic heterocycles. The number of rotatable bonds is 7. The number of fused-ring (bicyclic) bond motifs is 1. The number of halogens is 1. The van der Waals surface area contributed by atoms with Crippen LogP contribution in [0.4, 0.5) is 15.8 Å². The number of nitrogens with zero attached hydrogens (tertiary/aromatic N) is 6. The number of aromatic nitrogens is 1. The largest absolute Gasteiger partial charge is 0.349 e. The van der Waals surface area contributed by atoms with Crippen molar-refractivity contribution in [3.05, 3.63) is 57.6 Å². The van der Waals surface area contributed by atoms with Gasteiger partial charge in [0.15, 0.2) is 10.1 Å². The number of hydrogen-bond donors (Lipinski definition) is 0. The molecule has 34 heavy (non-hydrogen) atoms. The first-order chi connectivity index (χ1) is 16.4. The number of benzene rings is 2. The normalized spacial score (nSPS) is 13.0. The molecule has 1 aliphatic rings. The van der Waals surface area contributed by atoms with Gasteiger partial charge >= 0.3 is 0 Å². The summed E-state index contributed by atoms with van der Waals surface area (Å²) in [5.41, 5.74) is 2.35. The van der Waals surface area contributed by atoms with Gasteiger partial charge in [0.05, 0.1) is 21.2 Å². The fourth-order valence-electron chi connectivity index (χ4n) is 3.74. The van der Waals surface area contributed by atoms with Crippen LogP contribution in [0.5, 0.6) is 0 Å². The van der Waals surface area contributed by atoms with Crippen LogP contribution < -0.4 is 4.90 Å². The smallest absolute Gasteiger partial charge is 0.262 e. The third-order valence-corrected chi connectivity index (χ3v) is 7.30. The molecule has 0 aliphatic carbocycles. The Kier molecular flexibility index (Phi) is 6.86. The van der Waals surface area contributed by atoms with E-state index in [0.717, 1.165) is 28.7 Å². The number of imide groups is 1. The standard InChI is InChI=1S/C24H21BrN6O2S/c1-4-30(5-2)24-27-20(14-10-8-7-9-11-14)21(34-24)29-28-19-15(13-26)12-16-17(18(19)25)23(33)31(6-3)22(16)32/h7-12H,4-6H2,1-3H3. The van der Waals surface area contributed by atoms with E-state index >= 15 is 0 Å². The zero-order valence-corrected chi connectivity index (χ0v) is 21.3. The highest BCUT2D eigenvalue weighted by Crippen LogP contribution is 2.43. The first-order valence-electron chi connectivity index (χ1n) is 10.8. The fourth-order valence-corrected chi connectivity index (χ4v) is 5.45. The highest BCUT2D eigenvalue weighted by molar-refractivity contribution is 9.10. The monoisotopic (exact) mass is 536 g/mol. The third-order valence-electron chi connectivity index (χ3n) is 5.53. The Morgan fingerprint density at radius 2 is 1.82 bits per heavy atom. The number of amides is 2. The fraction of sp³-hybridized carbons (Fsp3) is 0.250. The second kappa shape index (κ2) is 9.83. The van der Waals surface area contributed by atoms with Crippen LogP contribution in [0.15, 0.2) is 51.1 Å². The molecule has 3 aromatic rings. The number of hydrogen-bond acceptors (Lipinski definition) is 8. The van der Waals surface area contributed by atoms with E-state index in [2.05, 4.69) is 51.0 Å². The summed E-state index contributed by atoms with van der Waals surface area (Å²) in [6.07, 6.45) is 0. The van der Waals surface area contributed by atoms with Gasteiger partial charge < -0.3 is 4.90 Å². The van der Waals surface area contributed by atoms with Crippen LogP contribution in [-0.4, -0.2) is 41.3 Å². The Hall–Kier alpha value is -3.42. The Bertz CT molecular complexity index is 1340. The lowest BCUT2D eigenvalue weighted by atomic mass is 10.0.